The standard InChI is InChI=1S/C14H7ClINO2/c15-11-7-8(16)5-6-12(11)17-13(18)9-3-1-2-4-10(9)14(17)19/h1-7H. The molecule has 3 nitrogen and oxygen atoms in total. The molecule has 0 bridgehead atoms. The summed E-state index contributed by atoms with van der Waals surface area (Å²) in [5.41, 5.74) is 1.26. The predicted octanol–water partition coefficient (Wildman–Crippen LogP) is 3.75. The molecule has 0 unspecified atom stereocenters. The van der Waals surface area contributed by atoms with Crippen molar-refractivity contribution in [2.24, 2.45) is 0 Å². The number of hydrogen-bond donors (Lipinski definition) is 0. The van der Waals surface area contributed by atoms with Crippen LogP contribution in [0.25, 0.3) is 0 Å². The average molecular weight is 384 g/mol. The molecular weight excluding hydrogens is 377 g/mol. The Morgan fingerprint density at radius 1 is 0.947 bits per heavy atom. The van der Waals surface area contributed by atoms with Crippen molar-refractivity contribution in [2.45, 2.75) is 0 Å². The highest BCUT2D eigenvalue weighted by Gasteiger charge is 2.37. The highest BCUT2D eigenvalue weighted by atomic mass is 127. The summed E-state index contributed by atoms with van der Waals surface area (Å²) < 4.78 is 0.947. The van der Waals surface area contributed by atoms with Crippen molar-refractivity contribution in [1.29, 1.82) is 0 Å². The third-order valence-corrected chi connectivity index (χ3v) is 3.92. The summed E-state index contributed by atoms with van der Waals surface area (Å²) in [7, 11) is 0. The summed E-state index contributed by atoms with van der Waals surface area (Å²) >= 11 is 8.26. The molecule has 0 fully saturated rings. The van der Waals surface area contributed by atoms with E-state index in [9.17, 15) is 9.59 Å². The number of anilines is 1. The van der Waals surface area contributed by atoms with E-state index in [0.717, 1.165) is 8.47 Å². The van der Waals surface area contributed by atoms with E-state index >= 15 is 0 Å². The first-order valence-electron chi connectivity index (χ1n) is 5.52. The highest BCUT2D eigenvalue weighted by Crippen LogP contribution is 2.33. The molecule has 94 valence electrons. The maximum atomic E-state index is 12.3. The summed E-state index contributed by atoms with van der Waals surface area (Å²) in [4.78, 5) is 25.7. The number of fused-ring (bicyclic) bond motifs is 1. The molecule has 1 aliphatic rings. The van der Waals surface area contributed by atoms with Crippen LogP contribution in [0.1, 0.15) is 20.7 Å². The number of amides is 2. The summed E-state index contributed by atoms with van der Waals surface area (Å²) in [6, 6.07) is 12.0. The van der Waals surface area contributed by atoms with E-state index < -0.39 is 0 Å². The van der Waals surface area contributed by atoms with Crippen molar-refractivity contribution in [1.82, 2.24) is 0 Å². The number of nitrogens with zero attached hydrogens (tertiary/aromatic N) is 1. The molecule has 2 aromatic carbocycles. The van der Waals surface area contributed by atoms with Gasteiger partial charge in [-0.3, -0.25) is 9.59 Å². The second-order valence-corrected chi connectivity index (χ2v) is 5.74. The van der Waals surface area contributed by atoms with Crippen LogP contribution in [0.5, 0.6) is 0 Å². The van der Waals surface area contributed by atoms with Gasteiger partial charge in [0, 0.05) is 3.57 Å². The molecule has 1 heterocycles. The SMILES string of the molecule is O=C1c2ccccc2C(=O)N1c1ccc(I)cc1Cl. The van der Waals surface area contributed by atoms with Gasteiger partial charge in [-0.25, -0.2) is 4.90 Å². The Balaban J connectivity index is 2.14. The van der Waals surface area contributed by atoms with Gasteiger partial charge in [0.1, 0.15) is 0 Å². The Hall–Kier alpha value is -1.40. The Morgan fingerprint density at radius 3 is 2.05 bits per heavy atom. The van der Waals surface area contributed by atoms with Crippen molar-refractivity contribution in [3.63, 3.8) is 0 Å². The Morgan fingerprint density at radius 2 is 1.53 bits per heavy atom. The Bertz CT molecular complexity index is 679. The molecule has 19 heavy (non-hydrogen) atoms. The van der Waals surface area contributed by atoms with Crippen LogP contribution in [0.2, 0.25) is 5.02 Å². The van der Waals surface area contributed by atoms with Gasteiger partial charge in [0.15, 0.2) is 0 Å². The van der Waals surface area contributed by atoms with Crippen molar-refractivity contribution in [2.75, 3.05) is 4.90 Å². The number of halogens is 2. The fourth-order valence-corrected chi connectivity index (χ4v) is 3.01. The molecule has 0 saturated heterocycles. The molecule has 3 rings (SSSR count). The molecule has 0 atom stereocenters. The maximum absolute atomic E-state index is 12.3. The second-order valence-electron chi connectivity index (χ2n) is 4.09. The largest absolute Gasteiger partial charge is 0.268 e. The zero-order chi connectivity index (χ0) is 13.6. The van der Waals surface area contributed by atoms with Crippen molar-refractivity contribution < 1.29 is 9.59 Å². The van der Waals surface area contributed by atoms with Crippen LogP contribution in [-0.4, -0.2) is 11.8 Å². The Kier molecular flexibility index (Phi) is 3.06. The zero-order valence-electron chi connectivity index (χ0n) is 9.56. The molecule has 0 aliphatic carbocycles. The topological polar surface area (TPSA) is 37.4 Å². The van der Waals surface area contributed by atoms with Gasteiger partial charge in [-0.1, -0.05) is 23.7 Å². The number of hydrogen-bond acceptors (Lipinski definition) is 2. The van der Waals surface area contributed by atoms with Crippen LogP contribution in [-0.2, 0) is 0 Å². The van der Waals surface area contributed by atoms with Crippen molar-refractivity contribution in [3.05, 3.63) is 62.2 Å². The van der Waals surface area contributed by atoms with Crippen LogP contribution >= 0.6 is 34.2 Å². The summed E-state index contributed by atoms with van der Waals surface area (Å²) in [5.74, 6) is -0.660. The van der Waals surface area contributed by atoms with Crippen LogP contribution in [0.15, 0.2) is 42.5 Å². The van der Waals surface area contributed by atoms with Crippen LogP contribution in [0.4, 0.5) is 5.69 Å². The predicted molar refractivity (Wildman–Crippen MR) is 81.8 cm³/mol. The minimum Gasteiger partial charge on any atom is -0.268 e. The van der Waals surface area contributed by atoms with Crippen LogP contribution in [0.3, 0.4) is 0 Å². The highest BCUT2D eigenvalue weighted by molar-refractivity contribution is 14.1. The van der Waals surface area contributed by atoms with Crippen molar-refractivity contribution in [3.8, 4) is 0 Å². The molecule has 5 heteroatoms. The zero-order valence-corrected chi connectivity index (χ0v) is 12.5. The maximum Gasteiger partial charge on any atom is 0.266 e. The lowest BCUT2D eigenvalue weighted by atomic mass is 10.1. The van der Waals surface area contributed by atoms with E-state index in [1.807, 2.05) is 6.07 Å². The van der Waals surface area contributed by atoms with Gasteiger partial charge in [0.25, 0.3) is 11.8 Å². The average Bonchev–Trinajstić information content (AvgIpc) is 2.64. The van der Waals surface area contributed by atoms with Gasteiger partial charge >= 0.3 is 0 Å². The third kappa shape index (κ3) is 1.95. The van der Waals surface area contributed by atoms with E-state index in [0.29, 0.717) is 21.8 Å². The molecule has 2 amide bonds. The van der Waals surface area contributed by atoms with E-state index in [1.54, 1.807) is 36.4 Å². The quantitative estimate of drug-likeness (QED) is 0.556. The van der Waals surface area contributed by atoms with Gasteiger partial charge < -0.3 is 0 Å². The second kappa shape index (κ2) is 4.61. The minimum atomic E-state index is -0.330. The van der Waals surface area contributed by atoms with Gasteiger partial charge in [-0.15, -0.1) is 0 Å². The van der Waals surface area contributed by atoms with E-state index in [4.69, 9.17) is 11.6 Å². The molecule has 0 saturated carbocycles. The normalized spacial score (nSPS) is 13.9. The van der Waals surface area contributed by atoms with Crippen LogP contribution < -0.4 is 4.90 Å². The number of imide groups is 1. The first-order valence-corrected chi connectivity index (χ1v) is 6.98. The number of rotatable bonds is 1. The monoisotopic (exact) mass is 383 g/mol. The lowest BCUT2D eigenvalue weighted by Crippen LogP contribution is -2.29. The van der Waals surface area contributed by atoms with Crippen molar-refractivity contribution >= 4 is 51.7 Å². The number of benzene rings is 2. The molecular formula is C14H7ClINO2. The van der Waals surface area contributed by atoms with Gasteiger partial charge in [-0.05, 0) is 52.9 Å². The molecule has 0 N–H and O–H groups in total. The summed E-state index contributed by atoms with van der Waals surface area (Å²) in [6.45, 7) is 0. The molecule has 0 aromatic heterocycles. The van der Waals surface area contributed by atoms with Gasteiger partial charge in [0.05, 0.1) is 21.8 Å². The van der Waals surface area contributed by atoms with Crippen LogP contribution in [0, 0.1) is 3.57 Å². The fraction of sp³-hybridized carbons (Fsp3) is 0. The van der Waals surface area contributed by atoms with E-state index in [-0.39, 0.29) is 11.8 Å². The molecule has 0 radical (unpaired) electrons. The minimum absolute atomic E-state index is 0.330. The summed E-state index contributed by atoms with van der Waals surface area (Å²) in [5, 5.41) is 0.390. The lowest BCUT2D eigenvalue weighted by molar-refractivity contribution is 0.0926. The first kappa shape index (κ1) is 12.6. The number of carbonyl (C=O) groups excluding carboxylic acids is 2. The summed E-state index contributed by atoms with van der Waals surface area (Å²) in [6.07, 6.45) is 0. The fourth-order valence-electron chi connectivity index (χ4n) is 2.07. The third-order valence-electron chi connectivity index (χ3n) is 2.94. The smallest absolute Gasteiger partial charge is 0.266 e. The van der Waals surface area contributed by atoms with E-state index in [2.05, 4.69) is 22.6 Å². The van der Waals surface area contributed by atoms with E-state index in [1.165, 1.54) is 0 Å². The molecule has 1 aliphatic heterocycles. The van der Waals surface area contributed by atoms with Gasteiger partial charge in [0.2, 0.25) is 0 Å². The molecule has 2 aromatic rings. The number of carbonyl (C=O) groups is 2. The molecule has 0 spiro atoms. The first-order chi connectivity index (χ1) is 9.09. The lowest BCUT2D eigenvalue weighted by Gasteiger charge is -2.15. The Labute approximate surface area is 128 Å². The van der Waals surface area contributed by atoms with Gasteiger partial charge in [-0.2, -0.15) is 0 Å².